The van der Waals surface area contributed by atoms with Gasteiger partial charge in [0.1, 0.15) is 0 Å². The summed E-state index contributed by atoms with van der Waals surface area (Å²) in [6, 6.07) is 8.16. The normalized spacial score (nSPS) is 16.0. The van der Waals surface area contributed by atoms with Gasteiger partial charge in [-0.3, -0.25) is 4.79 Å². The van der Waals surface area contributed by atoms with Crippen LogP contribution in [0.4, 0.5) is 11.4 Å². The van der Waals surface area contributed by atoms with E-state index in [1.54, 1.807) is 6.20 Å². The number of amides is 1. The van der Waals surface area contributed by atoms with E-state index in [1.165, 1.54) is 36.7 Å². The molecule has 5 nitrogen and oxygen atoms in total. The van der Waals surface area contributed by atoms with Crippen LogP contribution in [0.15, 0.2) is 41.8 Å². The maximum atomic E-state index is 12.4. The summed E-state index contributed by atoms with van der Waals surface area (Å²) in [6.07, 6.45) is 7.48. The average Bonchev–Trinajstić information content (AvgIpc) is 3.01. The number of anilines is 2. The number of hydrogen-bond acceptors (Lipinski definition) is 4. The van der Waals surface area contributed by atoms with Gasteiger partial charge in [-0.15, -0.1) is 0 Å². The first-order valence-corrected chi connectivity index (χ1v) is 9.31. The molecule has 1 atom stereocenters. The fraction of sp³-hybridized carbons (Fsp3) is 0.444. The van der Waals surface area contributed by atoms with Crippen LogP contribution >= 0.6 is 11.8 Å². The Bertz CT molecular complexity index is 677. The van der Waals surface area contributed by atoms with E-state index in [0.29, 0.717) is 0 Å². The third kappa shape index (κ3) is 4.12. The fourth-order valence-corrected chi connectivity index (χ4v) is 3.66. The van der Waals surface area contributed by atoms with E-state index >= 15 is 0 Å². The number of aromatic nitrogens is 2. The predicted octanol–water partition coefficient (Wildman–Crippen LogP) is 3.53. The number of piperidine rings is 1. The first-order chi connectivity index (χ1) is 11.6. The third-order valence-electron chi connectivity index (χ3n) is 4.28. The molecule has 2 heterocycles. The van der Waals surface area contributed by atoms with Crippen molar-refractivity contribution >= 4 is 29.0 Å². The van der Waals surface area contributed by atoms with Gasteiger partial charge in [0.15, 0.2) is 5.16 Å². The van der Waals surface area contributed by atoms with E-state index in [-0.39, 0.29) is 11.2 Å². The van der Waals surface area contributed by atoms with Crippen molar-refractivity contribution in [3.8, 4) is 0 Å². The molecule has 0 bridgehead atoms. The van der Waals surface area contributed by atoms with Crippen molar-refractivity contribution in [2.75, 3.05) is 23.3 Å². The standard InChI is InChI=1S/C18H24N4OS/c1-14(24-18-19-10-13-21(18)2)17(23)20-15-6-8-16(9-7-15)22-11-4-3-5-12-22/h6-10,13-14H,3-5,11-12H2,1-2H3,(H,20,23)/t14-/m0/s1. The maximum Gasteiger partial charge on any atom is 0.237 e. The van der Waals surface area contributed by atoms with Crippen molar-refractivity contribution in [3.05, 3.63) is 36.7 Å². The highest BCUT2D eigenvalue weighted by molar-refractivity contribution is 8.00. The largest absolute Gasteiger partial charge is 0.372 e. The van der Waals surface area contributed by atoms with Gasteiger partial charge in [-0.1, -0.05) is 11.8 Å². The van der Waals surface area contributed by atoms with E-state index in [1.807, 2.05) is 36.9 Å². The van der Waals surface area contributed by atoms with Crippen molar-refractivity contribution in [3.63, 3.8) is 0 Å². The average molecular weight is 344 g/mol. The first kappa shape index (κ1) is 16.9. The number of thioether (sulfide) groups is 1. The van der Waals surface area contributed by atoms with Gasteiger partial charge in [0, 0.05) is 43.9 Å². The van der Waals surface area contributed by atoms with Gasteiger partial charge in [-0.2, -0.15) is 0 Å². The number of hydrogen-bond donors (Lipinski definition) is 1. The molecule has 1 aliphatic heterocycles. The lowest BCUT2D eigenvalue weighted by Crippen LogP contribution is -2.29. The molecule has 6 heteroatoms. The zero-order valence-electron chi connectivity index (χ0n) is 14.2. The van der Waals surface area contributed by atoms with Gasteiger partial charge in [0.25, 0.3) is 0 Å². The molecular formula is C18H24N4OS. The van der Waals surface area contributed by atoms with Gasteiger partial charge in [-0.05, 0) is 50.5 Å². The Hall–Kier alpha value is -1.95. The molecule has 1 N–H and O–H groups in total. The molecule has 1 saturated heterocycles. The summed E-state index contributed by atoms with van der Waals surface area (Å²) < 4.78 is 1.92. The zero-order valence-corrected chi connectivity index (χ0v) is 15.1. The minimum absolute atomic E-state index is 0.00581. The van der Waals surface area contributed by atoms with Gasteiger partial charge < -0.3 is 14.8 Å². The Labute approximate surface area is 147 Å². The van der Waals surface area contributed by atoms with E-state index in [2.05, 4.69) is 27.3 Å². The summed E-state index contributed by atoms with van der Waals surface area (Å²) in [6.45, 7) is 4.16. The molecule has 24 heavy (non-hydrogen) atoms. The van der Waals surface area contributed by atoms with Crippen LogP contribution in [-0.4, -0.2) is 33.8 Å². The molecule has 128 valence electrons. The summed E-state index contributed by atoms with van der Waals surface area (Å²) in [5.41, 5.74) is 2.08. The van der Waals surface area contributed by atoms with Crippen LogP contribution in [0.3, 0.4) is 0 Å². The monoisotopic (exact) mass is 344 g/mol. The number of aryl methyl sites for hydroxylation is 1. The van der Waals surface area contributed by atoms with Gasteiger partial charge >= 0.3 is 0 Å². The smallest absolute Gasteiger partial charge is 0.237 e. The van der Waals surface area contributed by atoms with Crippen LogP contribution in [0.1, 0.15) is 26.2 Å². The number of carbonyl (C=O) groups excluding carboxylic acids is 1. The second kappa shape index (κ2) is 7.75. The summed E-state index contributed by atoms with van der Waals surface area (Å²) in [5.74, 6) is -0.00581. The quantitative estimate of drug-likeness (QED) is 0.843. The van der Waals surface area contributed by atoms with Crippen LogP contribution in [0, 0.1) is 0 Å². The number of imidazole rings is 1. The van der Waals surface area contributed by atoms with Gasteiger partial charge in [-0.25, -0.2) is 4.98 Å². The number of nitrogens with zero attached hydrogens (tertiary/aromatic N) is 3. The zero-order chi connectivity index (χ0) is 16.9. The van der Waals surface area contributed by atoms with Crippen LogP contribution < -0.4 is 10.2 Å². The van der Waals surface area contributed by atoms with Gasteiger partial charge in [0.2, 0.25) is 5.91 Å². The molecule has 1 fully saturated rings. The molecule has 1 aromatic heterocycles. The second-order valence-electron chi connectivity index (χ2n) is 6.16. The van der Waals surface area contributed by atoms with Crippen molar-refractivity contribution in [1.29, 1.82) is 0 Å². The Morgan fingerprint density at radius 1 is 1.21 bits per heavy atom. The van der Waals surface area contributed by atoms with E-state index in [4.69, 9.17) is 0 Å². The maximum absolute atomic E-state index is 12.4. The van der Waals surface area contributed by atoms with Crippen molar-refractivity contribution in [2.24, 2.45) is 7.05 Å². The molecule has 1 amide bonds. The van der Waals surface area contributed by atoms with E-state index in [0.717, 1.165) is 23.9 Å². The predicted molar refractivity (Wildman–Crippen MR) is 99.7 cm³/mol. The molecule has 0 saturated carbocycles. The van der Waals surface area contributed by atoms with Crippen molar-refractivity contribution in [1.82, 2.24) is 9.55 Å². The molecule has 1 aromatic carbocycles. The highest BCUT2D eigenvalue weighted by Gasteiger charge is 2.17. The van der Waals surface area contributed by atoms with Crippen LogP contribution in [0.2, 0.25) is 0 Å². The molecule has 0 spiro atoms. The molecular weight excluding hydrogens is 320 g/mol. The number of rotatable bonds is 5. The van der Waals surface area contributed by atoms with Crippen LogP contribution in [-0.2, 0) is 11.8 Å². The number of nitrogens with one attached hydrogen (secondary N) is 1. The van der Waals surface area contributed by atoms with Gasteiger partial charge in [0.05, 0.1) is 5.25 Å². The minimum Gasteiger partial charge on any atom is -0.372 e. The fourth-order valence-electron chi connectivity index (χ4n) is 2.83. The molecule has 1 aliphatic rings. The lowest BCUT2D eigenvalue weighted by atomic mass is 10.1. The lowest BCUT2D eigenvalue weighted by molar-refractivity contribution is -0.115. The summed E-state index contributed by atoms with van der Waals surface area (Å²) in [5, 5.41) is 3.63. The second-order valence-corrected chi connectivity index (χ2v) is 7.47. The summed E-state index contributed by atoms with van der Waals surface area (Å²) in [7, 11) is 1.93. The summed E-state index contributed by atoms with van der Waals surface area (Å²) in [4.78, 5) is 19.0. The van der Waals surface area contributed by atoms with E-state index < -0.39 is 0 Å². The topological polar surface area (TPSA) is 50.2 Å². The Morgan fingerprint density at radius 3 is 2.54 bits per heavy atom. The highest BCUT2D eigenvalue weighted by atomic mass is 32.2. The molecule has 0 unspecified atom stereocenters. The number of carbonyl (C=O) groups is 1. The van der Waals surface area contributed by atoms with Crippen molar-refractivity contribution < 1.29 is 4.79 Å². The van der Waals surface area contributed by atoms with Crippen LogP contribution in [0.25, 0.3) is 0 Å². The Kier molecular flexibility index (Phi) is 5.45. The molecule has 3 rings (SSSR count). The Balaban J connectivity index is 1.56. The SMILES string of the molecule is C[C@H](Sc1nccn1C)C(=O)Nc1ccc(N2CCCCC2)cc1. The number of benzene rings is 1. The third-order valence-corrected chi connectivity index (χ3v) is 5.46. The molecule has 0 aliphatic carbocycles. The first-order valence-electron chi connectivity index (χ1n) is 8.43. The summed E-state index contributed by atoms with van der Waals surface area (Å²) >= 11 is 1.46. The van der Waals surface area contributed by atoms with Crippen LogP contribution in [0.5, 0.6) is 0 Å². The minimum atomic E-state index is -0.201. The Morgan fingerprint density at radius 2 is 1.92 bits per heavy atom. The lowest BCUT2D eigenvalue weighted by Gasteiger charge is -2.28. The van der Waals surface area contributed by atoms with Crippen molar-refractivity contribution in [2.45, 2.75) is 36.6 Å². The van der Waals surface area contributed by atoms with E-state index in [9.17, 15) is 4.79 Å². The molecule has 0 radical (unpaired) electrons. The highest BCUT2D eigenvalue weighted by Crippen LogP contribution is 2.24. The molecule has 2 aromatic rings.